The molecule has 32 heavy (non-hydrogen) atoms. The van der Waals surface area contributed by atoms with Gasteiger partial charge in [-0.15, -0.1) is 0 Å². The van der Waals surface area contributed by atoms with Gasteiger partial charge in [0.2, 0.25) is 10.0 Å². The quantitative estimate of drug-likeness (QED) is 0.426. The molecule has 8 heteroatoms. The van der Waals surface area contributed by atoms with E-state index < -0.39 is 21.2 Å². The zero-order chi connectivity index (χ0) is 22.7. The molecule has 0 spiro atoms. The summed E-state index contributed by atoms with van der Waals surface area (Å²) in [7, 11) is -2.27. The smallest absolute Gasteiger partial charge is 0.248 e. The molecule has 5 nitrogen and oxygen atoms in total. The van der Waals surface area contributed by atoms with Crippen LogP contribution in [0.4, 0.5) is 5.69 Å². The summed E-state index contributed by atoms with van der Waals surface area (Å²) in [6.45, 7) is 0.293. The van der Waals surface area contributed by atoms with Gasteiger partial charge in [0.05, 0.1) is 18.7 Å². The molecule has 0 saturated carbocycles. The van der Waals surface area contributed by atoms with Crippen molar-refractivity contribution in [3.05, 3.63) is 87.9 Å². The largest absolute Gasteiger partial charge is 0.493 e. The van der Waals surface area contributed by atoms with Crippen LogP contribution >= 0.6 is 23.2 Å². The fourth-order valence-corrected chi connectivity index (χ4v) is 5.12. The van der Waals surface area contributed by atoms with Crippen molar-refractivity contribution in [1.82, 2.24) is 0 Å². The number of hydrogen-bond acceptors (Lipinski definition) is 4. The molecule has 1 N–H and O–H groups in total. The molecule has 3 aromatic rings. The van der Waals surface area contributed by atoms with Gasteiger partial charge in [-0.3, -0.25) is 4.72 Å². The van der Waals surface area contributed by atoms with Crippen LogP contribution in [0.15, 0.2) is 66.7 Å². The number of ether oxygens (including phenoxy) is 2. The van der Waals surface area contributed by atoms with Gasteiger partial charge >= 0.3 is 0 Å². The van der Waals surface area contributed by atoms with Gasteiger partial charge in [-0.25, -0.2) is 8.42 Å². The van der Waals surface area contributed by atoms with Gasteiger partial charge in [0, 0.05) is 16.1 Å². The Morgan fingerprint density at radius 3 is 2.34 bits per heavy atom. The highest BCUT2D eigenvalue weighted by molar-refractivity contribution is 7.93. The second kappa shape index (κ2) is 9.33. The van der Waals surface area contributed by atoms with Crippen LogP contribution in [0.2, 0.25) is 10.0 Å². The van der Waals surface area contributed by atoms with Gasteiger partial charge in [0.15, 0.2) is 16.7 Å². The van der Waals surface area contributed by atoms with Crippen molar-refractivity contribution in [3.8, 4) is 23.3 Å². The fraction of sp³-hybridized carbons (Fsp3) is 0.167. The highest BCUT2D eigenvalue weighted by Crippen LogP contribution is 2.34. The summed E-state index contributed by atoms with van der Waals surface area (Å²) >= 11 is 12.0. The Bertz CT molecular complexity index is 1310. The molecule has 4 rings (SSSR count). The highest BCUT2D eigenvalue weighted by atomic mass is 35.5. The van der Waals surface area contributed by atoms with E-state index in [4.69, 9.17) is 32.7 Å². The first-order chi connectivity index (χ1) is 15.4. The maximum Gasteiger partial charge on any atom is 0.248 e. The number of anilines is 1. The van der Waals surface area contributed by atoms with Crippen molar-refractivity contribution in [2.75, 3.05) is 11.8 Å². The van der Waals surface area contributed by atoms with E-state index in [1.165, 1.54) is 7.11 Å². The van der Waals surface area contributed by atoms with Crippen LogP contribution in [0.3, 0.4) is 0 Å². The minimum Gasteiger partial charge on any atom is -0.493 e. The third-order valence-corrected chi connectivity index (χ3v) is 6.98. The van der Waals surface area contributed by atoms with Crippen LogP contribution in [0, 0.1) is 11.8 Å². The Hall–Kier alpha value is -2.85. The van der Waals surface area contributed by atoms with Crippen LogP contribution in [0.25, 0.3) is 0 Å². The molecule has 0 saturated heterocycles. The van der Waals surface area contributed by atoms with Crippen LogP contribution < -0.4 is 14.2 Å². The van der Waals surface area contributed by atoms with E-state index >= 15 is 0 Å². The first-order valence-electron chi connectivity index (χ1n) is 9.69. The first kappa shape index (κ1) is 22.3. The molecule has 0 heterocycles. The molecular weight excluding hydrogens is 469 g/mol. The Balaban J connectivity index is 1.47. The average Bonchev–Trinajstić information content (AvgIpc) is 2.71. The molecule has 1 aliphatic carbocycles. The first-order valence-corrected chi connectivity index (χ1v) is 12.0. The normalized spacial score (nSPS) is 17.0. The summed E-state index contributed by atoms with van der Waals surface area (Å²) in [4.78, 5) is 0. The van der Waals surface area contributed by atoms with Crippen LogP contribution in [-0.4, -0.2) is 20.8 Å². The van der Waals surface area contributed by atoms with Crippen molar-refractivity contribution < 1.29 is 17.9 Å². The summed E-state index contributed by atoms with van der Waals surface area (Å²) in [5, 5.41) is 0.294. The number of hydrogen-bond donors (Lipinski definition) is 1. The summed E-state index contributed by atoms with van der Waals surface area (Å²) in [5.74, 6) is 6.11. The molecule has 0 aliphatic heterocycles. The van der Waals surface area contributed by atoms with Gasteiger partial charge in [-0.1, -0.05) is 59.3 Å². The number of rotatable bonds is 8. The number of nitrogens with one attached hydrogen (secondary N) is 1. The number of methoxy groups -OCH3 is 1. The maximum atomic E-state index is 12.9. The predicted octanol–water partition coefficient (Wildman–Crippen LogP) is 5.49. The maximum absolute atomic E-state index is 12.9. The van der Waals surface area contributed by atoms with Gasteiger partial charge in [0.25, 0.3) is 0 Å². The van der Waals surface area contributed by atoms with Crippen molar-refractivity contribution in [2.24, 2.45) is 0 Å². The number of halogens is 2. The van der Waals surface area contributed by atoms with Crippen molar-refractivity contribution >= 4 is 38.9 Å². The van der Waals surface area contributed by atoms with E-state index in [-0.39, 0.29) is 0 Å². The van der Waals surface area contributed by atoms with E-state index in [1.807, 2.05) is 24.3 Å². The minimum atomic E-state index is -3.76. The van der Waals surface area contributed by atoms with Crippen LogP contribution in [0.5, 0.6) is 11.5 Å². The molecule has 164 valence electrons. The van der Waals surface area contributed by atoms with Gasteiger partial charge in [-0.05, 0) is 47.5 Å². The standard InChI is InChI=1S/C24H19Cl2NO4S/c1-30-23-14-20(8-10-22(23)31-15-16-4-2-6-18(25)12-16)27-32(28,29)24-11-9-21(24)17-5-3-7-19(26)13-17/h2-8,10,12-14,21,24,27H,15H2,1H3. The molecule has 2 atom stereocenters. The van der Waals surface area contributed by atoms with Crippen LogP contribution in [-0.2, 0) is 16.6 Å². The fourth-order valence-electron chi connectivity index (χ4n) is 3.32. The summed E-state index contributed by atoms with van der Waals surface area (Å²) in [6.07, 6.45) is 0. The zero-order valence-electron chi connectivity index (χ0n) is 17.0. The lowest BCUT2D eigenvalue weighted by Gasteiger charge is -2.25. The Morgan fingerprint density at radius 2 is 1.69 bits per heavy atom. The molecule has 1 aliphatic rings. The lowest BCUT2D eigenvalue weighted by atomic mass is 9.90. The lowest BCUT2D eigenvalue weighted by molar-refractivity contribution is 0.284. The molecule has 2 unspecified atom stereocenters. The molecule has 0 bridgehead atoms. The Morgan fingerprint density at radius 1 is 0.938 bits per heavy atom. The molecule has 0 fully saturated rings. The summed E-state index contributed by atoms with van der Waals surface area (Å²) in [5.41, 5.74) is 2.03. The molecule has 0 amide bonds. The molecule has 0 aromatic heterocycles. The number of benzene rings is 3. The third-order valence-electron chi connectivity index (χ3n) is 4.93. The Labute approximate surface area is 197 Å². The second-order valence-electron chi connectivity index (χ2n) is 7.17. The van der Waals surface area contributed by atoms with Crippen molar-refractivity contribution in [3.63, 3.8) is 0 Å². The number of sulfonamides is 1. The SMILES string of the molecule is COc1cc(NS(=O)(=O)C2C#CC2c2cccc(Cl)c2)ccc1OCc1cccc(Cl)c1. The van der Waals surface area contributed by atoms with Crippen molar-refractivity contribution in [2.45, 2.75) is 17.8 Å². The monoisotopic (exact) mass is 487 g/mol. The molecule has 0 radical (unpaired) electrons. The lowest BCUT2D eigenvalue weighted by Crippen LogP contribution is -2.36. The van der Waals surface area contributed by atoms with E-state index in [9.17, 15) is 8.42 Å². The van der Waals surface area contributed by atoms with E-state index in [0.717, 1.165) is 11.1 Å². The predicted molar refractivity (Wildman–Crippen MR) is 127 cm³/mol. The highest BCUT2D eigenvalue weighted by Gasteiger charge is 2.37. The van der Waals surface area contributed by atoms with Crippen LogP contribution in [0.1, 0.15) is 17.0 Å². The van der Waals surface area contributed by atoms with Gasteiger partial charge < -0.3 is 9.47 Å². The van der Waals surface area contributed by atoms with E-state index in [0.29, 0.717) is 33.8 Å². The summed E-state index contributed by atoms with van der Waals surface area (Å²) in [6, 6.07) is 19.3. The Kier molecular flexibility index (Phi) is 6.52. The zero-order valence-corrected chi connectivity index (χ0v) is 19.3. The molecule has 3 aromatic carbocycles. The topological polar surface area (TPSA) is 64.6 Å². The summed E-state index contributed by atoms with van der Waals surface area (Å²) < 4.78 is 39.7. The average molecular weight is 488 g/mol. The van der Waals surface area contributed by atoms with E-state index in [1.54, 1.807) is 42.5 Å². The third kappa shape index (κ3) is 4.97. The molecular formula is C24H19Cl2NO4S. The second-order valence-corrected chi connectivity index (χ2v) is 9.85. The minimum absolute atomic E-state index is 0.293. The van der Waals surface area contributed by atoms with Crippen molar-refractivity contribution in [1.29, 1.82) is 0 Å². The van der Waals surface area contributed by atoms with Gasteiger partial charge in [-0.2, -0.15) is 0 Å². The van der Waals surface area contributed by atoms with Gasteiger partial charge in [0.1, 0.15) is 6.61 Å². The van der Waals surface area contributed by atoms with E-state index in [2.05, 4.69) is 16.6 Å².